The van der Waals surface area contributed by atoms with Gasteiger partial charge in [0.25, 0.3) is 0 Å². The molecule has 0 radical (unpaired) electrons. The summed E-state index contributed by atoms with van der Waals surface area (Å²) >= 11 is 0. The second-order valence-corrected chi connectivity index (χ2v) is 7.04. The van der Waals surface area contributed by atoms with Gasteiger partial charge in [-0.15, -0.1) is 5.10 Å². The van der Waals surface area contributed by atoms with E-state index in [2.05, 4.69) is 10.1 Å². The lowest BCUT2D eigenvalue weighted by atomic mass is 10.1. The van der Waals surface area contributed by atoms with Crippen molar-refractivity contribution >= 4 is 0 Å². The van der Waals surface area contributed by atoms with E-state index in [9.17, 15) is 13.2 Å². The molecule has 0 atom stereocenters. The molecule has 0 saturated carbocycles. The summed E-state index contributed by atoms with van der Waals surface area (Å²) < 4.78 is 55.1. The highest BCUT2D eigenvalue weighted by atomic mass is 19.4. The Hall–Kier alpha value is -4.01. The van der Waals surface area contributed by atoms with Crippen molar-refractivity contribution in [1.82, 2.24) is 14.8 Å². The lowest BCUT2D eigenvalue weighted by molar-refractivity contribution is -0.154. The number of hydrogen-bond donors (Lipinski definition) is 0. The molecule has 33 heavy (non-hydrogen) atoms. The van der Waals surface area contributed by atoms with Gasteiger partial charge in [-0.25, -0.2) is 9.67 Å². The van der Waals surface area contributed by atoms with Crippen LogP contribution in [-0.4, -0.2) is 34.7 Å². The number of ether oxygens (including phenoxy) is 3. The van der Waals surface area contributed by atoms with Crippen LogP contribution in [0.15, 0.2) is 79.0 Å². The Kier molecular flexibility index (Phi) is 6.48. The third kappa shape index (κ3) is 5.82. The van der Waals surface area contributed by atoms with Crippen molar-refractivity contribution in [3.05, 3.63) is 84.6 Å². The molecule has 170 valence electrons. The first-order valence-electron chi connectivity index (χ1n) is 9.98. The summed E-state index contributed by atoms with van der Waals surface area (Å²) in [5.41, 5.74) is 2.83. The number of nitrogens with zero attached hydrogens (tertiary/aromatic N) is 3. The van der Waals surface area contributed by atoms with Gasteiger partial charge in [-0.05, 0) is 35.9 Å². The molecule has 0 amide bonds. The van der Waals surface area contributed by atoms with Gasteiger partial charge in [-0.1, -0.05) is 30.3 Å². The molecule has 0 fully saturated rings. The van der Waals surface area contributed by atoms with E-state index in [-0.39, 0.29) is 5.88 Å². The highest BCUT2D eigenvalue weighted by molar-refractivity contribution is 5.64. The van der Waals surface area contributed by atoms with Crippen LogP contribution in [0.1, 0.15) is 5.56 Å². The summed E-state index contributed by atoms with van der Waals surface area (Å²) in [5, 5.41) is 4.20. The van der Waals surface area contributed by atoms with Gasteiger partial charge in [0.05, 0.1) is 24.7 Å². The van der Waals surface area contributed by atoms with Gasteiger partial charge >= 0.3 is 6.18 Å². The molecule has 0 N–H and O–H groups in total. The van der Waals surface area contributed by atoms with Gasteiger partial charge in [0, 0.05) is 17.7 Å². The summed E-state index contributed by atoms with van der Waals surface area (Å²) in [4.78, 5) is 4.15. The topological polar surface area (TPSA) is 58.4 Å². The lowest BCUT2D eigenvalue weighted by Crippen LogP contribution is -2.19. The number of hydrogen-bond acceptors (Lipinski definition) is 5. The number of aromatic nitrogens is 3. The molecular formula is C24H20F3N3O3. The summed E-state index contributed by atoms with van der Waals surface area (Å²) in [6, 6.07) is 21.7. The standard InChI is InChI=1S/C24H20F3N3O3/c1-31-22-12-9-19(14-28-22)30-21(13-23(29-30)33-16-24(25,26)27)18-7-10-20(11-8-18)32-15-17-5-3-2-4-6-17/h2-14H,15-16H2,1H3. The van der Waals surface area contributed by atoms with E-state index in [0.717, 1.165) is 5.56 Å². The smallest absolute Gasteiger partial charge is 0.422 e. The maximum Gasteiger partial charge on any atom is 0.422 e. The van der Waals surface area contributed by atoms with Crippen molar-refractivity contribution < 1.29 is 27.4 Å². The Morgan fingerprint density at radius 1 is 0.879 bits per heavy atom. The number of halogens is 3. The van der Waals surface area contributed by atoms with Crippen LogP contribution in [0, 0.1) is 0 Å². The molecule has 9 heteroatoms. The minimum atomic E-state index is -4.47. The third-order valence-corrected chi connectivity index (χ3v) is 4.64. The first-order valence-corrected chi connectivity index (χ1v) is 9.98. The van der Waals surface area contributed by atoms with Crippen molar-refractivity contribution in [2.24, 2.45) is 0 Å². The summed E-state index contributed by atoms with van der Waals surface area (Å²) in [5.74, 6) is 0.914. The largest absolute Gasteiger partial charge is 0.489 e. The monoisotopic (exact) mass is 455 g/mol. The van der Waals surface area contributed by atoms with Gasteiger partial charge < -0.3 is 14.2 Å². The molecule has 0 bridgehead atoms. The molecule has 2 aromatic heterocycles. The summed E-state index contributed by atoms with van der Waals surface area (Å²) in [6.45, 7) is -1.01. The molecule has 2 heterocycles. The van der Waals surface area contributed by atoms with Gasteiger partial charge in [0.2, 0.25) is 11.8 Å². The van der Waals surface area contributed by atoms with E-state index in [4.69, 9.17) is 14.2 Å². The predicted molar refractivity (Wildman–Crippen MR) is 116 cm³/mol. The van der Waals surface area contributed by atoms with E-state index in [1.54, 1.807) is 36.4 Å². The minimum absolute atomic E-state index is 0.150. The average Bonchev–Trinajstić information content (AvgIpc) is 3.26. The molecule has 0 saturated heterocycles. The molecule has 0 aliphatic rings. The fourth-order valence-electron chi connectivity index (χ4n) is 3.07. The molecule has 2 aromatic carbocycles. The summed E-state index contributed by atoms with van der Waals surface area (Å²) in [6.07, 6.45) is -2.95. The van der Waals surface area contributed by atoms with Gasteiger partial charge in [-0.3, -0.25) is 0 Å². The lowest BCUT2D eigenvalue weighted by Gasteiger charge is -2.09. The SMILES string of the molecule is COc1ccc(-n2nc(OCC(F)(F)F)cc2-c2ccc(OCc3ccccc3)cc2)cn1. The third-order valence-electron chi connectivity index (χ3n) is 4.64. The number of benzene rings is 2. The Morgan fingerprint density at radius 3 is 2.27 bits per heavy atom. The second-order valence-electron chi connectivity index (χ2n) is 7.04. The fraction of sp³-hybridized carbons (Fsp3) is 0.167. The van der Waals surface area contributed by atoms with Crippen molar-refractivity contribution in [2.45, 2.75) is 12.8 Å². The molecule has 0 spiro atoms. The molecule has 0 unspecified atom stereocenters. The normalized spacial score (nSPS) is 11.3. The number of rotatable bonds is 8. The van der Waals surface area contributed by atoms with Gasteiger partial charge in [0.15, 0.2) is 6.61 Å². The first kappa shape index (κ1) is 22.2. The quantitative estimate of drug-likeness (QED) is 0.353. The van der Waals surface area contributed by atoms with Crippen LogP contribution in [-0.2, 0) is 6.61 Å². The molecule has 0 aliphatic heterocycles. The molecule has 0 aliphatic carbocycles. The fourth-order valence-corrected chi connectivity index (χ4v) is 3.07. The second kappa shape index (κ2) is 9.64. The molecule has 4 rings (SSSR count). The Morgan fingerprint density at radius 2 is 1.64 bits per heavy atom. The van der Waals surface area contributed by atoms with Gasteiger partial charge in [-0.2, -0.15) is 13.2 Å². The van der Waals surface area contributed by atoms with Crippen LogP contribution in [0.5, 0.6) is 17.5 Å². The average molecular weight is 455 g/mol. The van der Waals surface area contributed by atoms with E-state index in [1.165, 1.54) is 24.1 Å². The highest BCUT2D eigenvalue weighted by Crippen LogP contribution is 2.30. The zero-order chi connectivity index (χ0) is 23.3. The highest BCUT2D eigenvalue weighted by Gasteiger charge is 2.29. The molecular weight excluding hydrogens is 435 g/mol. The van der Waals surface area contributed by atoms with Crippen LogP contribution < -0.4 is 14.2 Å². The number of pyridine rings is 1. The van der Waals surface area contributed by atoms with E-state index in [0.29, 0.717) is 35.2 Å². The number of methoxy groups -OCH3 is 1. The van der Waals surface area contributed by atoms with Crippen LogP contribution >= 0.6 is 0 Å². The summed E-state index contributed by atoms with van der Waals surface area (Å²) in [7, 11) is 1.49. The van der Waals surface area contributed by atoms with Crippen LogP contribution in [0.2, 0.25) is 0 Å². The van der Waals surface area contributed by atoms with Gasteiger partial charge in [0.1, 0.15) is 12.4 Å². The maximum absolute atomic E-state index is 12.6. The minimum Gasteiger partial charge on any atom is -0.489 e. The van der Waals surface area contributed by atoms with Crippen molar-refractivity contribution in [2.75, 3.05) is 13.7 Å². The maximum atomic E-state index is 12.6. The molecule has 4 aromatic rings. The first-order chi connectivity index (χ1) is 15.9. The number of alkyl halides is 3. The van der Waals surface area contributed by atoms with Crippen LogP contribution in [0.3, 0.4) is 0 Å². The zero-order valence-corrected chi connectivity index (χ0v) is 17.6. The van der Waals surface area contributed by atoms with Crippen molar-refractivity contribution in [1.29, 1.82) is 0 Å². The van der Waals surface area contributed by atoms with Crippen molar-refractivity contribution in [3.63, 3.8) is 0 Å². The Labute approximate surface area is 188 Å². The van der Waals surface area contributed by atoms with E-state index in [1.807, 2.05) is 30.3 Å². The van der Waals surface area contributed by atoms with Crippen LogP contribution in [0.4, 0.5) is 13.2 Å². The van der Waals surface area contributed by atoms with Crippen LogP contribution in [0.25, 0.3) is 16.9 Å². The molecule has 6 nitrogen and oxygen atoms in total. The van der Waals surface area contributed by atoms with Crippen molar-refractivity contribution in [3.8, 4) is 34.5 Å². The van der Waals surface area contributed by atoms with E-state index < -0.39 is 12.8 Å². The predicted octanol–water partition coefficient (Wildman–Crippen LogP) is 5.46. The van der Waals surface area contributed by atoms with E-state index >= 15 is 0 Å². The Balaban J connectivity index is 1.59. The Bertz CT molecular complexity index is 1180. The zero-order valence-electron chi connectivity index (χ0n) is 17.6.